The summed E-state index contributed by atoms with van der Waals surface area (Å²) in [4.78, 5) is 12.9. The highest BCUT2D eigenvalue weighted by molar-refractivity contribution is 6.00. The van der Waals surface area contributed by atoms with Crippen LogP contribution >= 0.6 is 0 Å². The monoisotopic (exact) mass is 324 g/mol. The van der Waals surface area contributed by atoms with Gasteiger partial charge in [-0.1, -0.05) is 41.9 Å². The van der Waals surface area contributed by atoms with E-state index in [1.807, 2.05) is 30.3 Å². The van der Waals surface area contributed by atoms with Gasteiger partial charge in [0.25, 0.3) is 5.91 Å². The van der Waals surface area contributed by atoms with Crippen LogP contribution in [-0.2, 0) is 0 Å². The molecule has 2 aliphatic rings. The molecule has 1 heterocycles. The van der Waals surface area contributed by atoms with Crippen molar-refractivity contribution in [3.63, 3.8) is 0 Å². The number of aromatic nitrogens is 1. The molecular weight excluding hydrogens is 300 g/mol. The summed E-state index contributed by atoms with van der Waals surface area (Å²) in [6.45, 7) is 3.95. The first-order valence-corrected chi connectivity index (χ1v) is 8.96. The number of rotatable bonds is 4. The minimum atomic E-state index is -0.0668. The SMILES string of the molecule is Cc1onc(-c2ccccc2)c1C(=O)N[C@H](C)[C@@H]1C[C@@H]2CC[C@@H]1C2. The predicted molar refractivity (Wildman–Crippen MR) is 92.5 cm³/mol. The molecule has 126 valence electrons. The summed E-state index contributed by atoms with van der Waals surface area (Å²) in [7, 11) is 0. The lowest BCUT2D eigenvalue weighted by molar-refractivity contribution is 0.0914. The Morgan fingerprint density at radius 2 is 2.04 bits per heavy atom. The third kappa shape index (κ3) is 2.64. The molecule has 4 heteroatoms. The number of nitrogens with zero attached hydrogens (tertiary/aromatic N) is 1. The van der Waals surface area contributed by atoms with E-state index in [4.69, 9.17) is 4.52 Å². The van der Waals surface area contributed by atoms with Crippen LogP contribution in [0.15, 0.2) is 34.9 Å². The van der Waals surface area contributed by atoms with Crippen molar-refractivity contribution in [3.05, 3.63) is 41.7 Å². The number of nitrogens with one attached hydrogen (secondary N) is 1. The van der Waals surface area contributed by atoms with Gasteiger partial charge in [0.1, 0.15) is 17.0 Å². The van der Waals surface area contributed by atoms with E-state index >= 15 is 0 Å². The lowest BCUT2D eigenvalue weighted by Crippen LogP contribution is -2.40. The average Bonchev–Trinajstić information content (AvgIpc) is 3.30. The number of aryl methyl sites for hydroxylation is 1. The topological polar surface area (TPSA) is 55.1 Å². The van der Waals surface area contributed by atoms with Crippen molar-refractivity contribution in [2.24, 2.45) is 17.8 Å². The molecule has 0 saturated heterocycles. The van der Waals surface area contributed by atoms with Crippen molar-refractivity contribution < 1.29 is 9.32 Å². The Bertz CT molecular complexity index is 737. The third-order valence-corrected chi connectivity index (χ3v) is 5.93. The van der Waals surface area contributed by atoms with Gasteiger partial charge in [-0.05, 0) is 50.9 Å². The smallest absolute Gasteiger partial charge is 0.257 e. The molecule has 0 radical (unpaired) electrons. The van der Waals surface area contributed by atoms with E-state index in [1.165, 1.54) is 25.7 Å². The predicted octanol–water partition coefficient (Wildman–Crippen LogP) is 4.20. The highest BCUT2D eigenvalue weighted by Crippen LogP contribution is 2.49. The fraction of sp³-hybridized carbons (Fsp3) is 0.500. The van der Waals surface area contributed by atoms with Crippen LogP contribution < -0.4 is 5.32 Å². The molecular formula is C20H24N2O2. The fourth-order valence-electron chi connectivity index (χ4n) is 4.72. The molecule has 0 aliphatic heterocycles. The molecule has 2 bridgehead atoms. The lowest BCUT2D eigenvalue weighted by atomic mass is 9.84. The average molecular weight is 324 g/mol. The molecule has 4 nitrogen and oxygen atoms in total. The minimum absolute atomic E-state index is 0.0668. The van der Waals surface area contributed by atoms with E-state index in [-0.39, 0.29) is 11.9 Å². The summed E-state index contributed by atoms with van der Waals surface area (Å²) < 4.78 is 5.32. The summed E-state index contributed by atoms with van der Waals surface area (Å²) in [5.74, 6) is 2.81. The molecule has 1 aromatic heterocycles. The molecule has 4 rings (SSSR count). The Morgan fingerprint density at radius 1 is 1.25 bits per heavy atom. The summed E-state index contributed by atoms with van der Waals surface area (Å²) in [5, 5.41) is 7.34. The molecule has 1 amide bonds. The van der Waals surface area contributed by atoms with Crippen molar-refractivity contribution in [1.29, 1.82) is 0 Å². The van der Waals surface area contributed by atoms with E-state index in [0.29, 0.717) is 22.9 Å². The number of amides is 1. The maximum absolute atomic E-state index is 12.9. The second kappa shape index (κ2) is 6.08. The first kappa shape index (κ1) is 15.4. The number of hydrogen-bond donors (Lipinski definition) is 1. The molecule has 4 atom stereocenters. The molecule has 24 heavy (non-hydrogen) atoms. The molecule has 2 fully saturated rings. The molecule has 1 aromatic carbocycles. The van der Waals surface area contributed by atoms with E-state index in [1.54, 1.807) is 6.92 Å². The Balaban J connectivity index is 1.54. The number of fused-ring (bicyclic) bond motifs is 2. The lowest BCUT2D eigenvalue weighted by Gasteiger charge is -2.28. The van der Waals surface area contributed by atoms with Crippen LogP contribution in [-0.4, -0.2) is 17.1 Å². The Hall–Kier alpha value is -2.10. The first-order valence-electron chi connectivity index (χ1n) is 8.96. The highest BCUT2D eigenvalue weighted by Gasteiger charge is 2.42. The van der Waals surface area contributed by atoms with Crippen LogP contribution in [0.1, 0.15) is 48.7 Å². The van der Waals surface area contributed by atoms with Gasteiger partial charge in [-0.3, -0.25) is 4.79 Å². The van der Waals surface area contributed by atoms with Crippen LogP contribution in [0.5, 0.6) is 0 Å². The molecule has 1 N–H and O–H groups in total. The quantitative estimate of drug-likeness (QED) is 0.917. The van der Waals surface area contributed by atoms with Crippen molar-refractivity contribution in [1.82, 2.24) is 10.5 Å². The van der Waals surface area contributed by atoms with Gasteiger partial charge in [0.2, 0.25) is 0 Å². The van der Waals surface area contributed by atoms with Crippen LogP contribution in [0.2, 0.25) is 0 Å². The highest BCUT2D eigenvalue weighted by atomic mass is 16.5. The maximum atomic E-state index is 12.9. The van der Waals surface area contributed by atoms with Crippen LogP contribution in [0.4, 0.5) is 0 Å². The van der Waals surface area contributed by atoms with E-state index in [9.17, 15) is 4.79 Å². The zero-order chi connectivity index (χ0) is 16.7. The van der Waals surface area contributed by atoms with Crippen molar-refractivity contribution >= 4 is 5.91 Å². The fourth-order valence-corrected chi connectivity index (χ4v) is 4.72. The van der Waals surface area contributed by atoms with E-state index in [2.05, 4.69) is 17.4 Å². The van der Waals surface area contributed by atoms with Gasteiger partial charge < -0.3 is 9.84 Å². The summed E-state index contributed by atoms with van der Waals surface area (Å²) in [5.41, 5.74) is 2.11. The van der Waals surface area contributed by atoms with Gasteiger partial charge in [-0.15, -0.1) is 0 Å². The van der Waals surface area contributed by atoms with Crippen molar-refractivity contribution in [2.75, 3.05) is 0 Å². The number of carbonyl (C=O) groups excluding carboxylic acids is 1. The Kier molecular flexibility index (Phi) is 3.91. The Labute approximate surface area is 142 Å². The zero-order valence-corrected chi connectivity index (χ0v) is 14.3. The normalized spacial score (nSPS) is 26.5. The largest absolute Gasteiger partial charge is 0.360 e. The molecule has 2 saturated carbocycles. The zero-order valence-electron chi connectivity index (χ0n) is 14.3. The van der Waals surface area contributed by atoms with Gasteiger partial charge in [0, 0.05) is 11.6 Å². The van der Waals surface area contributed by atoms with Gasteiger partial charge in [-0.2, -0.15) is 0 Å². The van der Waals surface area contributed by atoms with Gasteiger partial charge in [0.05, 0.1) is 0 Å². The summed E-state index contributed by atoms with van der Waals surface area (Å²) in [6, 6.07) is 9.94. The van der Waals surface area contributed by atoms with Crippen LogP contribution in [0.25, 0.3) is 11.3 Å². The maximum Gasteiger partial charge on any atom is 0.257 e. The minimum Gasteiger partial charge on any atom is -0.360 e. The first-order chi connectivity index (χ1) is 11.6. The van der Waals surface area contributed by atoms with E-state index in [0.717, 1.165) is 17.4 Å². The van der Waals surface area contributed by atoms with Crippen molar-refractivity contribution in [2.45, 2.75) is 45.6 Å². The summed E-state index contributed by atoms with van der Waals surface area (Å²) in [6.07, 6.45) is 5.33. The second-order valence-corrected chi connectivity index (χ2v) is 7.43. The van der Waals surface area contributed by atoms with Crippen molar-refractivity contribution in [3.8, 4) is 11.3 Å². The number of carbonyl (C=O) groups is 1. The number of hydrogen-bond acceptors (Lipinski definition) is 3. The van der Waals surface area contributed by atoms with Crippen LogP contribution in [0, 0.1) is 24.7 Å². The van der Waals surface area contributed by atoms with Crippen LogP contribution in [0.3, 0.4) is 0 Å². The summed E-state index contributed by atoms with van der Waals surface area (Å²) >= 11 is 0. The molecule has 2 aliphatic carbocycles. The Morgan fingerprint density at radius 3 is 2.71 bits per heavy atom. The third-order valence-electron chi connectivity index (χ3n) is 5.93. The van der Waals surface area contributed by atoms with Gasteiger partial charge in [0.15, 0.2) is 0 Å². The standard InChI is InChI=1S/C20H24N2O2/c1-12(17-11-14-8-9-16(17)10-14)21-20(23)18-13(2)24-22-19(18)15-6-4-3-5-7-15/h3-7,12,14,16-17H,8-11H2,1-2H3,(H,21,23)/t12-,14-,16-,17+/m1/s1. The van der Waals surface area contributed by atoms with Gasteiger partial charge >= 0.3 is 0 Å². The van der Waals surface area contributed by atoms with Gasteiger partial charge in [-0.25, -0.2) is 0 Å². The molecule has 0 spiro atoms. The van der Waals surface area contributed by atoms with E-state index < -0.39 is 0 Å². The molecule has 0 unspecified atom stereocenters. The second-order valence-electron chi connectivity index (χ2n) is 7.43. The molecule has 2 aromatic rings. The number of benzene rings is 1.